The number of hydrogen-bond acceptors (Lipinski definition) is 5. The molecule has 0 spiro atoms. The van der Waals surface area contributed by atoms with E-state index in [1.54, 1.807) is 22.8 Å². The number of amides is 2. The van der Waals surface area contributed by atoms with Gasteiger partial charge in [0.15, 0.2) is 5.76 Å². The van der Waals surface area contributed by atoms with Gasteiger partial charge in [-0.3, -0.25) is 9.59 Å². The van der Waals surface area contributed by atoms with Crippen LogP contribution in [-0.2, 0) is 4.74 Å². The van der Waals surface area contributed by atoms with E-state index in [1.165, 1.54) is 11.8 Å². The molecule has 0 saturated carbocycles. The number of likely N-dealkylation sites (tertiary alicyclic amines) is 1. The minimum Gasteiger partial charge on any atom is -0.459 e. The normalized spacial score (nSPS) is 18.1. The number of fused-ring (bicyclic) bond motifs is 1. The van der Waals surface area contributed by atoms with Crippen molar-refractivity contribution in [2.24, 2.45) is 0 Å². The van der Waals surface area contributed by atoms with Crippen molar-refractivity contribution >= 4 is 17.3 Å². The van der Waals surface area contributed by atoms with Crippen LogP contribution in [0, 0.1) is 0 Å². The van der Waals surface area contributed by atoms with Gasteiger partial charge in [0, 0.05) is 32.4 Å². The summed E-state index contributed by atoms with van der Waals surface area (Å²) in [6.45, 7) is 3.75. The average Bonchev–Trinajstić information content (AvgIpc) is 3.49. The van der Waals surface area contributed by atoms with Gasteiger partial charge in [-0.25, -0.2) is 4.52 Å². The van der Waals surface area contributed by atoms with Crippen LogP contribution in [0.25, 0.3) is 5.52 Å². The molecule has 0 unspecified atom stereocenters. The van der Waals surface area contributed by atoms with Gasteiger partial charge in [0.05, 0.1) is 36.8 Å². The van der Waals surface area contributed by atoms with Crippen molar-refractivity contribution in [1.82, 2.24) is 19.4 Å². The highest BCUT2D eigenvalue weighted by molar-refractivity contribution is 6.00. The molecule has 0 atom stereocenters. The number of hydrogen-bond donors (Lipinski definition) is 0. The fourth-order valence-corrected chi connectivity index (χ4v) is 4.32. The van der Waals surface area contributed by atoms with E-state index in [0.29, 0.717) is 56.6 Å². The predicted octanol–water partition coefficient (Wildman–Crippen LogP) is 2.42. The number of pyridine rings is 1. The van der Waals surface area contributed by atoms with E-state index in [4.69, 9.17) is 9.15 Å². The molecule has 5 heterocycles. The largest absolute Gasteiger partial charge is 0.459 e. The Labute approximate surface area is 174 Å². The second kappa shape index (κ2) is 7.95. The van der Waals surface area contributed by atoms with Crippen molar-refractivity contribution in [2.45, 2.75) is 18.8 Å². The summed E-state index contributed by atoms with van der Waals surface area (Å²) in [7, 11) is 0. The van der Waals surface area contributed by atoms with Gasteiger partial charge in [0.2, 0.25) is 0 Å². The van der Waals surface area contributed by atoms with Gasteiger partial charge in [-0.15, -0.1) is 0 Å². The van der Waals surface area contributed by atoms with Crippen molar-refractivity contribution in [3.63, 3.8) is 0 Å². The standard InChI is InChI=1S/C22H24N4O4/c27-21(25-9-12-29-13-10-25)18-15-23-26-8-5-17(14-19(18)26)16-3-6-24(7-4-16)22(28)20-2-1-11-30-20/h1-2,5,8,11,14-16H,3-4,6-7,9-10,12-13H2. The summed E-state index contributed by atoms with van der Waals surface area (Å²) in [4.78, 5) is 29.1. The summed E-state index contributed by atoms with van der Waals surface area (Å²) in [6, 6.07) is 7.58. The molecule has 5 rings (SSSR count). The van der Waals surface area contributed by atoms with E-state index in [2.05, 4.69) is 17.2 Å². The first kappa shape index (κ1) is 18.9. The highest BCUT2D eigenvalue weighted by Crippen LogP contribution is 2.30. The van der Waals surface area contributed by atoms with Crippen molar-refractivity contribution in [3.05, 3.63) is 59.8 Å². The van der Waals surface area contributed by atoms with Gasteiger partial charge in [0.25, 0.3) is 11.8 Å². The number of piperidine rings is 1. The third-order valence-corrected chi connectivity index (χ3v) is 6.06. The minimum atomic E-state index is -0.0527. The van der Waals surface area contributed by atoms with Gasteiger partial charge in [-0.2, -0.15) is 5.10 Å². The van der Waals surface area contributed by atoms with Crippen LogP contribution in [-0.4, -0.2) is 70.6 Å². The second-order valence-corrected chi connectivity index (χ2v) is 7.80. The zero-order valence-electron chi connectivity index (χ0n) is 16.7. The highest BCUT2D eigenvalue weighted by Gasteiger charge is 2.27. The number of aromatic nitrogens is 2. The van der Waals surface area contributed by atoms with Crippen LogP contribution in [0.4, 0.5) is 0 Å². The first-order chi connectivity index (χ1) is 14.7. The van der Waals surface area contributed by atoms with Gasteiger partial charge in [0.1, 0.15) is 0 Å². The van der Waals surface area contributed by atoms with Gasteiger partial charge in [-0.1, -0.05) is 0 Å². The SMILES string of the molecule is O=C(c1ccco1)N1CCC(c2ccn3ncc(C(=O)N4CCOCC4)c3c2)CC1. The Kier molecular flexibility index (Phi) is 5.00. The Bertz CT molecular complexity index is 1040. The third kappa shape index (κ3) is 3.47. The minimum absolute atomic E-state index is 0.00399. The third-order valence-electron chi connectivity index (χ3n) is 6.06. The van der Waals surface area contributed by atoms with Crippen molar-refractivity contribution in [3.8, 4) is 0 Å². The molecule has 0 radical (unpaired) electrons. The zero-order chi connectivity index (χ0) is 20.5. The summed E-state index contributed by atoms with van der Waals surface area (Å²) in [5.41, 5.74) is 2.64. The van der Waals surface area contributed by atoms with E-state index in [0.717, 1.165) is 18.4 Å². The summed E-state index contributed by atoms with van der Waals surface area (Å²) in [5.74, 6) is 0.685. The molecule has 0 aliphatic carbocycles. The van der Waals surface area contributed by atoms with Crippen molar-refractivity contribution < 1.29 is 18.7 Å². The Morgan fingerprint density at radius 2 is 1.77 bits per heavy atom. The smallest absolute Gasteiger partial charge is 0.289 e. The Morgan fingerprint density at radius 1 is 1.00 bits per heavy atom. The molecule has 30 heavy (non-hydrogen) atoms. The van der Waals surface area contributed by atoms with Crippen molar-refractivity contribution in [1.29, 1.82) is 0 Å². The molecule has 0 aromatic carbocycles. The molecule has 0 bridgehead atoms. The van der Waals surface area contributed by atoms with Crippen LogP contribution in [0.2, 0.25) is 0 Å². The van der Waals surface area contributed by atoms with Crippen LogP contribution in [0.15, 0.2) is 47.3 Å². The molecule has 8 nitrogen and oxygen atoms in total. The van der Waals surface area contributed by atoms with Gasteiger partial charge < -0.3 is 19.0 Å². The fourth-order valence-electron chi connectivity index (χ4n) is 4.32. The number of ether oxygens (including phenoxy) is 1. The second-order valence-electron chi connectivity index (χ2n) is 7.80. The maximum absolute atomic E-state index is 13.0. The molecular weight excluding hydrogens is 384 g/mol. The van der Waals surface area contributed by atoms with Crippen molar-refractivity contribution in [2.75, 3.05) is 39.4 Å². The molecule has 8 heteroatoms. The quantitative estimate of drug-likeness (QED) is 0.665. The van der Waals surface area contributed by atoms with Gasteiger partial charge in [-0.05, 0) is 48.6 Å². The molecule has 3 aromatic rings. The lowest BCUT2D eigenvalue weighted by atomic mass is 9.89. The topological polar surface area (TPSA) is 80.3 Å². The molecule has 0 N–H and O–H groups in total. The maximum Gasteiger partial charge on any atom is 0.289 e. The van der Waals surface area contributed by atoms with Crippen LogP contribution in [0.5, 0.6) is 0 Å². The molecule has 2 fully saturated rings. The molecule has 3 aromatic heterocycles. The van der Waals surface area contributed by atoms with E-state index in [1.807, 2.05) is 16.0 Å². The molecule has 2 aliphatic heterocycles. The summed E-state index contributed by atoms with van der Waals surface area (Å²) < 4.78 is 12.4. The first-order valence-corrected chi connectivity index (χ1v) is 10.4. The van der Waals surface area contributed by atoms with Crippen LogP contribution < -0.4 is 0 Å². The van der Waals surface area contributed by atoms with E-state index < -0.39 is 0 Å². The lowest BCUT2D eigenvalue weighted by Crippen LogP contribution is -2.40. The van der Waals surface area contributed by atoms with E-state index in [9.17, 15) is 9.59 Å². The van der Waals surface area contributed by atoms with Crippen LogP contribution >= 0.6 is 0 Å². The number of carbonyl (C=O) groups is 2. The summed E-state index contributed by atoms with van der Waals surface area (Å²) >= 11 is 0. The maximum atomic E-state index is 13.0. The lowest BCUT2D eigenvalue weighted by Gasteiger charge is -2.31. The van der Waals surface area contributed by atoms with E-state index in [-0.39, 0.29) is 11.8 Å². The number of morpholine rings is 1. The predicted molar refractivity (Wildman–Crippen MR) is 109 cm³/mol. The Hall–Kier alpha value is -3.13. The molecule has 2 saturated heterocycles. The molecule has 156 valence electrons. The highest BCUT2D eigenvalue weighted by atomic mass is 16.5. The average molecular weight is 408 g/mol. The van der Waals surface area contributed by atoms with Gasteiger partial charge >= 0.3 is 0 Å². The number of rotatable bonds is 3. The zero-order valence-corrected chi connectivity index (χ0v) is 16.7. The monoisotopic (exact) mass is 408 g/mol. The number of furan rings is 1. The Balaban J connectivity index is 1.32. The van der Waals surface area contributed by atoms with Crippen LogP contribution in [0.3, 0.4) is 0 Å². The fraction of sp³-hybridized carbons (Fsp3) is 0.409. The summed E-state index contributed by atoms with van der Waals surface area (Å²) in [6.07, 6.45) is 6.85. The first-order valence-electron chi connectivity index (χ1n) is 10.4. The van der Waals surface area contributed by atoms with E-state index >= 15 is 0 Å². The number of carbonyl (C=O) groups excluding carboxylic acids is 2. The summed E-state index contributed by atoms with van der Waals surface area (Å²) in [5, 5.41) is 4.36. The molecular formula is C22H24N4O4. The Morgan fingerprint density at radius 3 is 2.50 bits per heavy atom. The van der Waals surface area contributed by atoms with Crippen LogP contribution in [0.1, 0.15) is 45.2 Å². The molecule has 2 aliphatic rings. The lowest BCUT2D eigenvalue weighted by molar-refractivity contribution is 0.0304. The molecule has 2 amide bonds. The number of nitrogens with zero attached hydrogens (tertiary/aromatic N) is 4.